The third-order valence-electron chi connectivity index (χ3n) is 4.45. The second-order valence-corrected chi connectivity index (χ2v) is 8.37. The van der Waals surface area contributed by atoms with Crippen LogP contribution in [0.4, 0.5) is 0 Å². The fraction of sp³-hybridized carbons (Fsp3) is 0.0435. The topological polar surface area (TPSA) is 35.0 Å². The maximum atomic E-state index is 5.39. The fourth-order valence-corrected chi connectivity index (χ4v) is 5.12. The van der Waals surface area contributed by atoms with Crippen LogP contribution in [-0.4, -0.2) is 17.1 Å². The Morgan fingerprint density at radius 1 is 0.786 bits per heavy atom. The number of thiazole rings is 2. The molecule has 28 heavy (non-hydrogen) atoms. The maximum absolute atomic E-state index is 5.39. The zero-order chi connectivity index (χ0) is 18.9. The number of para-hydroxylation sites is 2. The number of methoxy groups -OCH3 is 1. The van der Waals surface area contributed by atoms with E-state index in [0.29, 0.717) is 0 Å². The zero-order valence-electron chi connectivity index (χ0n) is 15.1. The standard InChI is InChI=1S/C23H16N2OS2/c1-26-16-8-6-7-15(13-16)14-17(22-24-18-9-2-4-11-20(18)27-22)23-25-19-10-3-5-12-21(19)28-23/h2-14H,1H3. The molecule has 0 fully saturated rings. The Labute approximate surface area is 170 Å². The summed E-state index contributed by atoms with van der Waals surface area (Å²) in [5.74, 6) is 0.835. The van der Waals surface area contributed by atoms with Crippen molar-refractivity contribution in [3.8, 4) is 5.75 Å². The lowest BCUT2D eigenvalue weighted by Gasteiger charge is -2.03. The van der Waals surface area contributed by atoms with Gasteiger partial charge in [0.15, 0.2) is 0 Å². The minimum absolute atomic E-state index is 0.835. The van der Waals surface area contributed by atoms with Crippen LogP contribution < -0.4 is 4.74 Å². The van der Waals surface area contributed by atoms with Gasteiger partial charge in [-0.15, -0.1) is 22.7 Å². The molecule has 136 valence electrons. The Morgan fingerprint density at radius 2 is 1.39 bits per heavy atom. The van der Waals surface area contributed by atoms with Crippen LogP contribution in [0.2, 0.25) is 0 Å². The summed E-state index contributed by atoms with van der Waals surface area (Å²) in [4.78, 5) is 9.77. The summed E-state index contributed by atoms with van der Waals surface area (Å²) in [5, 5.41) is 1.95. The highest BCUT2D eigenvalue weighted by molar-refractivity contribution is 7.22. The Hall–Kier alpha value is -3.02. The molecule has 0 aliphatic heterocycles. The molecule has 0 saturated carbocycles. The second-order valence-electron chi connectivity index (χ2n) is 6.31. The molecule has 3 nitrogen and oxygen atoms in total. The molecular weight excluding hydrogens is 384 g/mol. The van der Waals surface area contributed by atoms with Gasteiger partial charge in [-0.3, -0.25) is 0 Å². The van der Waals surface area contributed by atoms with Crippen molar-refractivity contribution in [2.24, 2.45) is 0 Å². The number of benzene rings is 3. The molecule has 2 aromatic heterocycles. The summed E-state index contributed by atoms with van der Waals surface area (Å²) in [6.07, 6.45) is 2.15. The fourth-order valence-electron chi connectivity index (χ4n) is 3.09. The van der Waals surface area contributed by atoms with Crippen molar-refractivity contribution in [2.75, 3.05) is 7.11 Å². The lowest BCUT2D eigenvalue weighted by Crippen LogP contribution is -1.88. The van der Waals surface area contributed by atoms with Crippen molar-refractivity contribution in [3.63, 3.8) is 0 Å². The Morgan fingerprint density at radius 3 is 1.96 bits per heavy atom. The largest absolute Gasteiger partial charge is 0.497 e. The van der Waals surface area contributed by atoms with Crippen molar-refractivity contribution in [2.45, 2.75) is 0 Å². The molecule has 5 aromatic rings. The van der Waals surface area contributed by atoms with Gasteiger partial charge in [-0.1, -0.05) is 36.4 Å². The van der Waals surface area contributed by atoms with Crippen molar-refractivity contribution >= 4 is 54.8 Å². The smallest absolute Gasteiger partial charge is 0.127 e. The Kier molecular flexibility index (Phi) is 4.39. The normalized spacial score (nSPS) is 11.0. The summed E-state index contributed by atoms with van der Waals surface area (Å²) in [7, 11) is 1.69. The van der Waals surface area contributed by atoms with Gasteiger partial charge < -0.3 is 4.74 Å². The van der Waals surface area contributed by atoms with Crippen LogP contribution in [0.1, 0.15) is 15.6 Å². The first kappa shape index (κ1) is 17.1. The number of ether oxygens (including phenoxy) is 1. The van der Waals surface area contributed by atoms with E-state index in [1.165, 1.54) is 9.40 Å². The molecule has 5 rings (SSSR count). The summed E-state index contributed by atoms with van der Waals surface area (Å²) in [6, 6.07) is 24.5. The molecule has 0 atom stereocenters. The number of hydrogen-bond acceptors (Lipinski definition) is 5. The first-order chi connectivity index (χ1) is 13.8. The van der Waals surface area contributed by atoms with Crippen LogP contribution in [0.25, 0.3) is 32.1 Å². The molecule has 0 N–H and O–H groups in total. The number of fused-ring (bicyclic) bond motifs is 2. The number of rotatable bonds is 4. The maximum Gasteiger partial charge on any atom is 0.127 e. The van der Waals surface area contributed by atoms with E-state index in [2.05, 4.69) is 36.4 Å². The molecule has 0 unspecified atom stereocenters. The van der Waals surface area contributed by atoms with E-state index in [4.69, 9.17) is 14.7 Å². The van der Waals surface area contributed by atoms with E-state index < -0.39 is 0 Å². The Balaban J connectivity index is 1.72. The predicted molar refractivity (Wildman–Crippen MR) is 119 cm³/mol. The van der Waals surface area contributed by atoms with Crippen molar-refractivity contribution in [3.05, 3.63) is 88.4 Å². The van der Waals surface area contributed by atoms with E-state index in [0.717, 1.165) is 37.9 Å². The molecule has 0 radical (unpaired) electrons. The highest BCUT2D eigenvalue weighted by atomic mass is 32.1. The van der Waals surface area contributed by atoms with Gasteiger partial charge in [-0.05, 0) is 48.0 Å². The minimum atomic E-state index is 0.835. The first-order valence-electron chi connectivity index (χ1n) is 8.88. The van der Waals surface area contributed by atoms with Gasteiger partial charge in [-0.25, -0.2) is 9.97 Å². The SMILES string of the molecule is COc1cccc(C=C(c2nc3ccccc3s2)c2nc3ccccc3s2)c1. The van der Waals surface area contributed by atoms with Gasteiger partial charge in [0, 0.05) is 5.57 Å². The molecule has 0 bridgehead atoms. The van der Waals surface area contributed by atoms with Gasteiger partial charge >= 0.3 is 0 Å². The van der Waals surface area contributed by atoms with Gasteiger partial charge in [0.25, 0.3) is 0 Å². The minimum Gasteiger partial charge on any atom is -0.497 e. The molecular formula is C23H16N2OS2. The molecule has 0 saturated heterocycles. The van der Waals surface area contributed by atoms with E-state index in [-0.39, 0.29) is 0 Å². The molecule has 5 heteroatoms. The summed E-state index contributed by atoms with van der Waals surface area (Å²) in [5.41, 5.74) is 4.13. The predicted octanol–water partition coefficient (Wildman–Crippen LogP) is 6.50. The van der Waals surface area contributed by atoms with Crippen LogP contribution in [0.3, 0.4) is 0 Å². The number of hydrogen-bond donors (Lipinski definition) is 0. The summed E-state index contributed by atoms with van der Waals surface area (Å²) < 4.78 is 7.74. The van der Waals surface area contributed by atoms with Gasteiger partial charge in [-0.2, -0.15) is 0 Å². The average molecular weight is 401 g/mol. The van der Waals surface area contributed by atoms with Crippen LogP contribution in [-0.2, 0) is 0 Å². The van der Waals surface area contributed by atoms with Crippen LogP contribution in [0, 0.1) is 0 Å². The summed E-state index contributed by atoms with van der Waals surface area (Å²) >= 11 is 3.39. The van der Waals surface area contributed by atoms with Crippen LogP contribution in [0.5, 0.6) is 5.75 Å². The van der Waals surface area contributed by atoms with Crippen molar-refractivity contribution < 1.29 is 4.74 Å². The zero-order valence-corrected chi connectivity index (χ0v) is 16.8. The van der Waals surface area contributed by atoms with E-state index >= 15 is 0 Å². The quantitative estimate of drug-likeness (QED) is 0.345. The monoisotopic (exact) mass is 400 g/mol. The molecule has 3 aromatic carbocycles. The lowest BCUT2D eigenvalue weighted by atomic mass is 10.1. The average Bonchev–Trinajstić information content (AvgIpc) is 3.36. The van der Waals surface area contributed by atoms with Crippen LogP contribution in [0.15, 0.2) is 72.8 Å². The van der Waals surface area contributed by atoms with Crippen molar-refractivity contribution in [1.82, 2.24) is 9.97 Å². The first-order valence-corrected chi connectivity index (χ1v) is 10.5. The van der Waals surface area contributed by atoms with E-state index in [1.807, 2.05) is 42.5 Å². The highest BCUT2D eigenvalue weighted by Gasteiger charge is 2.15. The molecule has 0 aliphatic carbocycles. The third kappa shape index (κ3) is 3.19. The van der Waals surface area contributed by atoms with Crippen molar-refractivity contribution in [1.29, 1.82) is 0 Å². The molecule has 2 heterocycles. The van der Waals surface area contributed by atoms with E-state index in [1.54, 1.807) is 29.8 Å². The molecule has 0 amide bonds. The number of nitrogens with zero attached hydrogens (tertiary/aromatic N) is 2. The molecule has 0 aliphatic rings. The van der Waals surface area contributed by atoms with Gasteiger partial charge in [0.05, 0.1) is 27.5 Å². The third-order valence-corrected chi connectivity index (χ3v) is 6.59. The lowest BCUT2D eigenvalue weighted by molar-refractivity contribution is 0.414. The Bertz CT molecular complexity index is 1170. The van der Waals surface area contributed by atoms with E-state index in [9.17, 15) is 0 Å². The van der Waals surface area contributed by atoms with Gasteiger partial charge in [0.2, 0.25) is 0 Å². The van der Waals surface area contributed by atoms with Gasteiger partial charge in [0.1, 0.15) is 15.8 Å². The molecule has 0 spiro atoms. The summed E-state index contributed by atoms with van der Waals surface area (Å²) in [6.45, 7) is 0. The number of aromatic nitrogens is 2. The highest BCUT2D eigenvalue weighted by Crippen LogP contribution is 2.36. The van der Waals surface area contributed by atoms with Crippen LogP contribution >= 0.6 is 22.7 Å². The second kappa shape index (κ2) is 7.19.